The van der Waals surface area contributed by atoms with Gasteiger partial charge in [-0.3, -0.25) is 13.9 Å². The summed E-state index contributed by atoms with van der Waals surface area (Å²) in [4.78, 5) is 28.5. The van der Waals surface area contributed by atoms with Crippen LogP contribution in [-0.2, 0) is 17.7 Å². The molecule has 0 radical (unpaired) electrons. The number of hydrogen-bond donors (Lipinski definition) is 0. The lowest BCUT2D eigenvalue weighted by Gasteiger charge is -2.12. The molecule has 7 nitrogen and oxygen atoms in total. The first kappa shape index (κ1) is 20.3. The largest absolute Gasteiger partial charge is 0.383 e. The molecule has 0 N–H and O–H groups in total. The highest BCUT2D eigenvalue weighted by Gasteiger charge is 2.22. The summed E-state index contributed by atoms with van der Waals surface area (Å²) in [6.07, 6.45) is 0.631. The number of ether oxygens (including phenoxy) is 1. The lowest BCUT2D eigenvalue weighted by atomic mass is 10.1. The molecule has 0 unspecified atom stereocenters. The summed E-state index contributed by atoms with van der Waals surface area (Å²) in [6, 6.07) is 13.9. The van der Waals surface area contributed by atoms with Gasteiger partial charge in [-0.2, -0.15) is 0 Å². The summed E-state index contributed by atoms with van der Waals surface area (Å²) in [5.41, 5.74) is 6.51. The van der Waals surface area contributed by atoms with E-state index in [1.54, 1.807) is 11.7 Å². The van der Waals surface area contributed by atoms with E-state index >= 15 is 0 Å². The molecule has 0 spiro atoms. The zero-order chi connectivity index (χ0) is 22.4. The van der Waals surface area contributed by atoms with Gasteiger partial charge < -0.3 is 4.74 Å². The fourth-order valence-electron chi connectivity index (χ4n) is 4.16. The number of para-hydroxylation sites is 2. The molecule has 0 aliphatic heterocycles. The summed E-state index contributed by atoms with van der Waals surface area (Å²) in [5.74, 6) is 0.719. The van der Waals surface area contributed by atoms with Crippen LogP contribution in [0, 0.1) is 13.8 Å². The van der Waals surface area contributed by atoms with E-state index in [2.05, 4.69) is 26.0 Å². The lowest BCUT2D eigenvalue weighted by molar-refractivity contribution is 0.185. The zero-order valence-corrected chi connectivity index (χ0v) is 18.7. The third-order valence-electron chi connectivity index (χ3n) is 6.03. The van der Waals surface area contributed by atoms with Gasteiger partial charge in [-0.1, -0.05) is 25.1 Å². The van der Waals surface area contributed by atoms with Crippen LogP contribution < -0.4 is 5.56 Å². The van der Waals surface area contributed by atoms with Crippen molar-refractivity contribution in [2.45, 2.75) is 33.7 Å². The summed E-state index contributed by atoms with van der Waals surface area (Å²) < 4.78 is 8.91. The smallest absolute Gasteiger partial charge is 0.265 e. The minimum Gasteiger partial charge on any atom is -0.383 e. The van der Waals surface area contributed by atoms with E-state index < -0.39 is 0 Å². The average molecular weight is 428 g/mol. The van der Waals surface area contributed by atoms with Gasteiger partial charge in [0.05, 0.1) is 24.2 Å². The van der Waals surface area contributed by atoms with Crippen molar-refractivity contribution in [1.29, 1.82) is 0 Å². The molecule has 0 atom stereocenters. The molecule has 3 aromatic heterocycles. The van der Waals surface area contributed by atoms with Gasteiger partial charge in [-0.25, -0.2) is 15.0 Å². The van der Waals surface area contributed by atoms with E-state index in [0.717, 1.165) is 28.1 Å². The Bertz CT molecular complexity index is 1550. The quantitative estimate of drug-likeness (QED) is 0.422. The topological polar surface area (TPSA) is 74.8 Å². The average Bonchev–Trinajstić information content (AvgIpc) is 3.11. The van der Waals surface area contributed by atoms with Crippen molar-refractivity contribution >= 4 is 33.2 Å². The van der Waals surface area contributed by atoms with Crippen molar-refractivity contribution in [3.63, 3.8) is 0 Å². The molecule has 0 amide bonds. The van der Waals surface area contributed by atoms with Gasteiger partial charge in [-0.05, 0) is 49.2 Å². The number of nitrogens with zero attached hydrogens (tertiary/aromatic N) is 5. The van der Waals surface area contributed by atoms with Gasteiger partial charge >= 0.3 is 0 Å². The second-order valence-electron chi connectivity index (χ2n) is 8.02. The van der Waals surface area contributed by atoms with Gasteiger partial charge in [0.25, 0.3) is 5.56 Å². The first-order chi connectivity index (χ1) is 15.5. The number of benzene rings is 2. The van der Waals surface area contributed by atoms with E-state index in [-0.39, 0.29) is 5.56 Å². The molecular formula is C25H25N5O2. The van der Waals surface area contributed by atoms with E-state index in [1.807, 2.05) is 41.8 Å². The van der Waals surface area contributed by atoms with Crippen molar-refractivity contribution in [2.24, 2.45) is 0 Å². The van der Waals surface area contributed by atoms with Crippen LogP contribution in [0.5, 0.6) is 0 Å². The molecule has 162 valence electrons. The van der Waals surface area contributed by atoms with Crippen LogP contribution in [0.15, 0.2) is 47.3 Å². The SMILES string of the molecule is CCc1nc2c(c(=O)n1CCOC)c1nc3ccccc3nc1n2-c1ccc(C)c(C)c1. The maximum absolute atomic E-state index is 13.7. The maximum Gasteiger partial charge on any atom is 0.265 e. The Kier molecular flexibility index (Phi) is 4.98. The molecular weight excluding hydrogens is 402 g/mol. The van der Waals surface area contributed by atoms with E-state index in [0.29, 0.717) is 41.8 Å². The highest BCUT2D eigenvalue weighted by atomic mass is 16.5. The Balaban J connectivity index is 1.97. The van der Waals surface area contributed by atoms with Crippen molar-refractivity contribution < 1.29 is 4.74 Å². The molecule has 0 saturated carbocycles. The molecule has 5 aromatic rings. The number of rotatable bonds is 5. The fraction of sp³-hybridized carbons (Fsp3) is 0.280. The standard InChI is InChI=1S/C25H25N5O2/c1-5-20-28-23-21(25(31)29(20)12-13-32-4)22-24(27-19-9-7-6-8-18(19)26-22)30(23)17-11-10-15(2)16(3)14-17/h6-11,14H,5,12-13H2,1-4H3. The fourth-order valence-corrected chi connectivity index (χ4v) is 4.16. The lowest BCUT2D eigenvalue weighted by Crippen LogP contribution is -2.27. The molecule has 7 heteroatoms. The number of fused-ring (bicyclic) bond motifs is 4. The normalized spacial score (nSPS) is 11.8. The summed E-state index contributed by atoms with van der Waals surface area (Å²) >= 11 is 0. The molecule has 2 aromatic carbocycles. The van der Waals surface area contributed by atoms with E-state index in [1.165, 1.54) is 5.56 Å². The van der Waals surface area contributed by atoms with Gasteiger partial charge in [0, 0.05) is 19.2 Å². The third kappa shape index (κ3) is 3.08. The molecule has 0 aliphatic carbocycles. The van der Waals surface area contributed by atoms with Crippen LogP contribution in [0.25, 0.3) is 38.9 Å². The van der Waals surface area contributed by atoms with Gasteiger partial charge in [0.15, 0.2) is 11.3 Å². The molecule has 3 heterocycles. The molecule has 5 rings (SSSR count). The number of hydrogen-bond acceptors (Lipinski definition) is 5. The van der Waals surface area contributed by atoms with E-state index in [9.17, 15) is 4.79 Å². The molecule has 32 heavy (non-hydrogen) atoms. The van der Waals surface area contributed by atoms with Crippen LogP contribution >= 0.6 is 0 Å². The van der Waals surface area contributed by atoms with Crippen molar-refractivity contribution in [2.75, 3.05) is 13.7 Å². The Morgan fingerprint density at radius 2 is 1.69 bits per heavy atom. The second kappa shape index (κ2) is 7.84. The Morgan fingerprint density at radius 3 is 2.38 bits per heavy atom. The van der Waals surface area contributed by atoms with Crippen LogP contribution in [0.4, 0.5) is 0 Å². The molecule has 0 aliphatic rings. The van der Waals surface area contributed by atoms with Crippen molar-refractivity contribution in [3.05, 3.63) is 69.8 Å². The monoisotopic (exact) mass is 427 g/mol. The number of methoxy groups -OCH3 is 1. The third-order valence-corrected chi connectivity index (χ3v) is 6.03. The van der Waals surface area contributed by atoms with Gasteiger partial charge in [-0.15, -0.1) is 0 Å². The first-order valence-corrected chi connectivity index (χ1v) is 10.8. The zero-order valence-electron chi connectivity index (χ0n) is 18.7. The number of aryl methyl sites for hydroxylation is 3. The summed E-state index contributed by atoms with van der Waals surface area (Å²) in [6.45, 7) is 7.05. The Hall–Kier alpha value is -3.58. The molecule has 0 saturated heterocycles. The highest BCUT2D eigenvalue weighted by Crippen LogP contribution is 2.29. The highest BCUT2D eigenvalue weighted by molar-refractivity contribution is 6.05. The predicted octanol–water partition coefficient (Wildman–Crippen LogP) is 4.11. The van der Waals surface area contributed by atoms with Gasteiger partial charge in [0.1, 0.15) is 16.7 Å². The minimum absolute atomic E-state index is 0.110. The second-order valence-corrected chi connectivity index (χ2v) is 8.02. The number of aromatic nitrogens is 5. The molecule has 0 bridgehead atoms. The van der Waals surface area contributed by atoms with Crippen molar-refractivity contribution in [3.8, 4) is 5.69 Å². The maximum atomic E-state index is 13.7. The Labute approximate surface area is 185 Å². The van der Waals surface area contributed by atoms with Crippen LogP contribution in [-0.4, -0.2) is 37.8 Å². The summed E-state index contributed by atoms with van der Waals surface area (Å²) in [7, 11) is 1.63. The van der Waals surface area contributed by atoms with Gasteiger partial charge in [0.2, 0.25) is 0 Å². The Morgan fingerprint density at radius 1 is 0.938 bits per heavy atom. The van der Waals surface area contributed by atoms with E-state index in [4.69, 9.17) is 19.7 Å². The predicted molar refractivity (Wildman–Crippen MR) is 127 cm³/mol. The van der Waals surface area contributed by atoms with Crippen LogP contribution in [0.2, 0.25) is 0 Å². The summed E-state index contributed by atoms with van der Waals surface area (Å²) in [5, 5.41) is 0.491. The van der Waals surface area contributed by atoms with Crippen LogP contribution in [0.3, 0.4) is 0 Å². The minimum atomic E-state index is -0.110. The first-order valence-electron chi connectivity index (χ1n) is 10.8. The molecule has 0 fully saturated rings. The van der Waals surface area contributed by atoms with Crippen LogP contribution in [0.1, 0.15) is 23.9 Å². The van der Waals surface area contributed by atoms with Crippen molar-refractivity contribution in [1.82, 2.24) is 24.1 Å².